The molecule has 4 aromatic rings. The summed E-state index contributed by atoms with van der Waals surface area (Å²) in [6.45, 7) is 2.01. The number of hydrogen-bond donors (Lipinski definition) is 2. The predicted octanol–water partition coefficient (Wildman–Crippen LogP) is 3.21. The first-order chi connectivity index (χ1) is 14.7. The molecule has 0 unspecified atom stereocenters. The van der Waals surface area contributed by atoms with Gasteiger partial charge in [-0.25, -0.2) is 9.97 Å². The minimum Gasteiger partial charge on any atom is -0.317 e. The van der Waals surface area contributed by atoms with Gasteiger partial charge in [0.25, 0.3) is 5.91 Å². The lowest BCUT2D eigenvalue weighted by atomic mass is 9.99. The molecule has 1 fully saturated rings. The zero-order valence-electron chi connectivity index (χ0n) is 16.5. The average molecular weight is 420 g/mol. The van der Waals surface area contributed by atoms with Crippen molar-refractivity contribution >= 4 is 33.8 Å². The first-order valence-corrected chi connectivity index (χ1v) is 10.8. The van der Waals surface area contributed by atoms with Crippen LogP contribution in [0.1, 0.15) is 34.3 Å². The molecule has 2 N–H and O–H groups in total. The van der Waals surface area contributed by atoms with Crippen LogP contribution < -0.4 is 10.6 Å². The molecule has 0 aliphatic carbocycles. The summed E-state index contributed by atoms with van der Waals surface area (Å²) in [7, 11) is 1.87. The van der Waals surface area contributed by atoms with Crippen LogP contribution in [-0.2, 0) is 7.05 Å². The number of pyridine rings is 2. The van der Waals surface area contributed by atoms with Crippen molar-refractivity contribution in [2.45, 2.75) is 18.8 Å². The first-order valence-electron chi connectivity index (χ1n) is 9.88. The minimum absolute atomic E-state index is 0.236. The number of anilines is 1. The van der Waals surface area contributed by atoms with Crippen LogP contribution in [0.4, 0.5) is 5.82 Å². The van der Waals surface area contributed by atoms with Crippen molar-refractivity contribution in [3.8, 4) is 11.3 Å². The number of piperidine rings is 1. The number of nitrogens with one attached hydrogen (secondary N) is 2. The maximum Gasteiger partial charge on any atom is 0.276 e. The van der Waals surface area contributed by atoms with Crippen LogP contribution in [0.2, 0.25) is 0 Å². The Hall–Kier alpha value is -3.17. The lowest BCUT2D eigenvalue weighted by molar-refractivity contribution is 0.102. The molecule has 1 amide bonds. The zero-order valence-corrected chi connectivity index (χ0v) is 17.3. The normalized spacial score (nSPS) is 14.8. The Morgan fingerprint density at radius 1 is 1.17 bits per heavy atom. The third-order valence-corrected chi connectivity index (χ3v) is 6.30. The quantitative estimate of drug-likeness (QED) is 0.527. The van der Waals surface area contributed by atoms with Crippen molar-refractivity contribution in [2.75, 3.05) is 18.4 Å². The molecule has 1 saturated heterocycles. The zero-order chi connectivity index (χ0) is 20.5. The fraction of sp³-hybridized carbons (Fsp3) is 0.286. The van der Waals surface area contributed by atoms with Crippen LogP contribution in [0.5, 0.6) is 0 Å². The molecule has 5 heterocycles. The number of carbonyl (C=O) groups is 1. The van der Waals surface area contributed by atoms with E-state index in [-0.39, 0.29) is 5.91 Å². The summed E-state index contributed by atoms with van der Waals surface area (Å²) in [6.07, 6.45) is 9.32. The van der Waals surface area contributed by atoms with Gasteiger partial charge in [-0.15, -0.1) is 11.3 Å². The summed E-state index contributed by atoms with van der Waals surface area (Å²) in [6, 6.07) is 3.83. The van der Waals surface area contributed by atoms with Gasteiger partial charge in [0.15, 0.2) is 0 Å². The highest BCUT2D eigenvalue weighted by atomic mass is 32.1. The molecule has 0 aromatic carbocycles. The highest BCUT2D eigenvalue weighted by molar-refractivity contribution is 7.10. The Balaban J connectivity index is 1.35. The van der Waals surface area contributed by atoms with Crippen LogP contribution in [0.15, 0.2) is 42.3 Å². The van der Waals surface area contributed by atoms with Gasteiger partial charge in [-0.3, -0.25) is 14.5 Å². The van der Waals surface area contributed by atoms with Crippen molar-refractivity contribution < 1.29 is 4.79 Å². The van der Waals surface area contributed by atoms with Gasteiger partial charge in [-0.05, 0) is 43.5 Å². The summed E-state index contributed by atoms with van der Waals surface area (Å²) in [4.78, 5) is 26.1. The number of aromatic nitrogens is 5. The molecule has 9 heteroatoms. The van der Waals surface area contributed by atoms with Gasteiger partial charge in [-0.1, -0.05) is 0 Å². The topological polar surface area (TPSA) is 97.6 Å². The standard InChI is InChI=1S/C21H21N7OS/c1-28-11-16(10-25-28)17-6-14-7-19(24-9-15(14)8-23-17)27-20(29)18-12-30-21(26-18)13-2-4-22-5-3-13/h6-13,22H,2-5H2,1H3,(H,24,27,29). The van der Waals surface area contributed by atoms with E-state index in [0.29, 0.717) is 17.4 Å². The van der Waals surface area contributed by atoms with Crippen molar-refractivity contribution in [3.05, 3.63) is 53.0 Å². The predicted molar refractivity (Wildman–Crippen MR) is 117 cm³/mol. The van der Waals surface area contributed by atoms with Gasteiger partial charge in [0.05, 0.1) is 16.9 Å². The van der Waals surface area contributed by atoms with E-state index in [1.807, 2.05) is 30.8 Å². The van der Waals surface area contributed by atoms with Crippen LogP contribution in [0.25, 0.3) is 22.0 Å². The number of amides is 1. The molecular weight excluding hydrogens is 398 g/mol. The SMILES string of the molecule is Cn1cc(-c2cc3cc(NC(=O)c4csc(C5CCNCC5)n4)ncc3cn2)cn1. The van der Waals surface area contributed by atoms with Crippen molar-refractivity contribution in [2.24, 2.45) is 7.05 Å². The summed E-state index contributed by atoms with van der Waals surface area (Å²) < 4.78 is 1.74. The third kappa shape index (κ3) is 3.81. The molecular formula is C21H21N7OS. The summed E-state index contributed by atoms with van der Waals surface area (Å²) in [5.74, 6) is 0.696. The Morgan fingerprint density at radius 3 is 2.80 bits per heavy atom. The van der Waals surface area contributed by atoms with E-state index in [2.05, 4.69) is 30.7 Å². The molecule has 1 aliphatic rings. The van der Waals surface area contributed by atoms with Gasteiger partial charge in [0.1, 0.15) is 11.5 Å². The van der Waals surface area contributed by atoms with E-state index in [4.69, 9.17) is 0 Å². The van der Waals surface area contributed by atoms with E-state index < -0.39 is 0 Å². The highest BCUT2D eigenvalue weighted by Gasteiger charge is 2.20. The second-order valence-electron chi connectivity index (χ2n) is 7.44. The highest BCUT2D eigenvalue weighted by Crippen LogP contribution is 2.28. The van der Waals surface area contributed by atoms with E-state index in [1.165, 1.54) is 0 Å². The first kappa shape index (κ1) is 18.8. The van der Waals surface area contributed by atoms with Crippen LogP contribution in [0, 0.1) is 0 Å². The van der Waals surface area contributed by atoms with E-state index in [1.54, 1.807) is 34.6 Å². The number of hydrogen-bond acceptors (Lipinski definition) is 7. The summed E-state index contributed by atoms with van der Waals surface area (Å²) >= 11 is 1.56. The molecule has 0 atom stereocenters. The fourth-order valence-electron chi connectivity index (χ4n) is 3.65. The van der Waals surface area contributed by atoms with Gasteiger partial charge >= 0.3 is 0 Å². The molecule has 0 bridgehead atoms. The van der Waals surface area contributed by atoms with Gasteiger partial charge in [0.2, 0.25) is 0 Å². The second kappa shape index (κ2) is 7.92. The summed E-state index contributed by atoms with van der Waals surface area (Å²) in [5, 5.41) is 15.2. The fourth-order valence-corrected chi connectivity index (χ4v) is 4.62. The number of carbonyl (C=O) groups excluding carboxylic acids is 1. The van der Waals surface area contributed by atoms with Gasteiger partial charge < -0.3 is 10.6 Å². The molecule has 30 heavy (non-hydrogen) atoms. The molecule has 8 nitrogen and oxygen atoms in total. The van der Waals surface area contributed by atoms with Crippen molar-refractivity contribution in [1.82, 2.24) is 30.0 Å². The lowest BCUT2D eigenvalue weighted by Gasteiger charge is -2.20. The smallest absolute Gasteiger partial charge is 0.276 e. The average Bonchev–Trinajstić information content (AvgIpc) is 3.43. The third-order valence-electron chi connectivity index (χ3n) is 5.29. The molecule has 4 aromatic heterocycles. The molecule has 152 valence electrons. The lowest BCUT2D eigenvalue weighted by Crippen LogP contribution is -2.26. The molecule has 1 aliphatic heterocycles. The Labute approximate surface area is 177 Å². The monoisotopic (exact) mass is 419 g/mol. The van der Waals surface area contributed by atoms with Gasteiger partial charge in [-0.2, -0.15) is 5.10 Å². The van der Waals surface area contributed by atoms with Crippen molar-refractivity contribution in [3.63, 3.8) is 0 Å². The second-order valence-corrected chi connectivity index (χ2v) is 8.33. The van der Waals surface area contributed by atoms with E-state index in [9.17, 15) is 4.79 Å². The maximum atomic E-state index is 12.7. The maximum absolute atomic E-state index is 12.7. The van der Waals surface area contributed by atoms with Crippen LogP contribution in [0.3, 0.4) is 0 Å². The minimum atomic E-state index is -0.236. The Morgan fingerprint density at radius 2 is 2.00 bits per heavy atom. The number of aryl methyl sites for hydroxylation is 1. The number of fused-ring (bicyclic) bond motifs is 1. The molecule has 0 saturated carbocycles. The molecule has 5 rings (SSSR count). The van der Waals surface area contributed by atoms with Gasteiger partial charge in [0, 0.05) is 47.9 Å². The number of rotatable bonds is 4. The Kier molecular flexibility index (Phi) is 4.97. The number of nitrogens with zero attached hydrogens (tertiary/aromatic N) is 5. The number of thiazole rings is 1. The molecule has 0 spiro atoms. The summed E-state index contributed by atoms with van der Waals surface area (Å²) in [5.41, 5.74) is 2.21. The van der Waals surface area contributed by atoms with Crippen LogP contribution >= 0.6 is 11.3 Å². The van der Waals surface area contributed by atoms with E-state index in [0.717, 1.165) is 53.0 Å². The Bertz CT molecular complexity index is 1210. The van der Waals surface area contributed by atoms with E-state index >= 15 is 0 Å². The van der Waals surface area contributed by atoms with Crippen LogP contribution in [-0.4, -0.2) is 43.7 Å². The largest absolute Gasteiger partial charge is 0.317 e. The van der Waals surface area contributed by atoms with Crippen molar-refractivity contribution in [1.29, 1.82) is 0 Å². The molecule has 0 radical (unpaired) electrons.